The number of aldehydes is 1. The zero-order valence-electron chi connectivity index (χ0n) is 11.7. The van der Waals surface area contributed by atoms with E-state index in [-0.39, 0.29) is 0 Å². The molecule has 3 aromatic rings. The second kappa shape index (κ2) is 5.26. The van der Waals surface area contributed by atoms with Gasteiger partial charge in [0.1, 0.15) is 0 Å². The molecule has 0 bridgehead atoms. The van der Waals surface area contributed by atoms with E-state index in [9.17, 15) is 4.79 Å². The van der Waals surface area contributed by atoms with Crippen LogP contribution in [0.2, 0.25) is 0 Å². The lowest BCUT2D eigenvalue weighted by Gasteiger charge is -2.06. The summed E-state index contributed by atoms with van der Waals surface area (Å²) in [6.07, 6.45) is 2.69. The standard InChI is InChI=1S/C18H14N2O/c1-13-2-4-14(5-3-13)10-20-11-16(12-21)17-8-15(9-19)6-7-18(17)20/h2-8,11-12H,10H2,1H3. The van der Waals surface area contributed by atoms with Crippen LogP contribution in [0.3, 0.4) is 0 Å². The molecular formula is C18H14N2O. The van der Waals surface area contributed by atoms with E-state index in [0.717, 1.165) is 17.2 Å². The number of aryl methyl sites for hydroxylation is 1. The van der Waals surface area contributed by atoms with Crippen LogP contribution < -0.4 is 0 Å². The van der Waals surface area contributed by atoms with Crippen LogP contribution >= 0.6 is 0 Å². The first kappa shape index (κ1) is 13.1. The Morgan fingerprint density at radius 2 is 1.95 bits per heavy atom. The lowest BCUT2D eigenvalue weighted by atomic mass is 10.1. The fraction of sp³-hybridized carbons (Fsp3) is 0.111. The Morgan fingerprint density at radius 3 is 2.62 bits per heavy atom. The summed E-state index contributed by atoms with van der Waals surface area (Å²) >= 11 is 0. The number of benzene rings is 2. The molecule has 2 aromatic carbocycles. The van der Waals surface area contributed by atoms with Crippen LogP contribution in [0.5, 0.6) is 0 Å². The van der Waals surface area contributed by atoms with Gasteiger partial charge in [0.15, 0.2) is 6.29 Å². The molecule has 102 valence electrons. The van der Waals surface area contributed by atoms with E-state index in [1.54, 1.807) is 12.1 Å². The highest BCUT2D eigenvalue weighted by molar-refractivity contribution is 5.98. The van der Waals surface area contributed by atoms with E-state index in [4.69, 9.17) is 5.26 Å². The Bertz CT molecular complexity index is 851. The van der Waals surface area contributed by atoms with E-state index >= 15 is 0 Å². The van der Waals surface area contributed by atoms with E-state index < -0.39 is 0 Å². The normalized spacial score (nSPS) is 10.5. The van der Waals surface area contributed by atoms with Gasteiger partial charge in [0.2, 0.25) is 0 Å². The maximum absolute atomic E-state index is 11.2. The van der Waals surface area contributed by atoms with Gasteiger partial charge < -0.3 is 4.57 Å². The minimum Gasteiger partial charge on any atom is -0.342 e. The summed E-state index contributed by atoms with van der Waals surface area (Å²) in [5.41, 5.74) is 4.56. The molecule has 1 heterocycles. The Hall–Kier alpha value is -2.86. The van der Waals surface area contributed by atoms with Crippen molar-refractivity contribution in [3.8, 4) is 6.07 Å². The first-order valence-corrected chi connectivity index (χ1v) is 6.75. The van der Waals surface area contributed by atoms with Crippen molar-refractivity contribution in [1.82, 2.24) is 4.57 Å². The predicted octanol–water partition coefficient (Wildman–Crippen LogP) is 3.68. The minimum atomic E-state index is 0.568. The van der Waals surface area contributed by atoms with Crippen LogP contribution in [-0.2, 0) is 6.54 Å². The second-order valence-electron chi connectivity index (χ2n) is 5.16. The van der Waals surface area contributed by atoms with E-state index in [2.05, 4.69) is 37.3 Å². The Kier molecular flexibility index (Phi) is 3.29. The van der Waals surface area contributed by atoms with Gasteiger partial charge in [-0.3, -0.25) is 4.79 Å². The van der Waals surface area contributed by atoms with E-state index in [1.165, 1.54) is 11.1 Å². The van der Waals surface area contributed by atoms with E-state index in [1.807, 2.05) is 16.8 Å². The van der Waals surface area contributed by atoms with Crippen molar-refractivity contribution in [1.29, 1.82) is 5.26 Å². The maximum Gasteiger partial charge on any atom is 0.152 e. The van der Waals surface area contributed by atoms with Crippen LogP contribution in [0.1, 0.15) is 27.0 Å². The number of nitriles is 1. The first-order chi connectivity index (χ1) is 10.2. The van der Waals surface area contributed by atoms with Gasteiger partial charge in [-0.25, -0.2) is 0 Å². The number of nitrogens with zero attached hydrogens (tertiary/aromatic N) is 2. The molecule has 0 saturated heterocycles. The summed E-state index contributed by atoms with van der Waals surface area (Å²) in [5.74, 6) is 0. The summed E-state index contributed by atoms with van der Waals surface area (Å²) in [4.78, 5) is 11.2. The Labute approximate surface area is 123 Å². The average Bonchev–Trinajstić information content (AvgIpc) is 2.86. The molecule has 0 saturated carbocycles. The fourth-order valence-electron chi connectivity index (χ4n) is 2.51. The molecule has 3 nitrogen and oxygen atoms in total. The van der Waals surface area contributed by atoms with Crippen LogP contribution in [0.15, 0.2) is 48.7 Å². The summed E-state index contributed by atoms with van der Waals surface area (Å²) in [6.45, 7) is 2.76. The van der Waals surface area contributed by atoms with Crippen molar-refractivity contribution in [2.24, 2.45) is 0 Å². The van der Waals surface area contributed by atoms with Gasteiger partial charge in [-0.05, 0) is 30.7 Å². The highest BCUT2D eigenvalue weighted by Gasteiger charge is 2.09. The third-order valence-electron chi connectivity index (χ3n) is 3.64. The summed E-state index contributed by atoms with van der Waals surface area (Å²) in [6, 6.07) is 15.9. The van der Waals surface area contributed by atoms with E-state index in [0.29, 0.717) is 17.7 Å². The largest absolute Gasteiger partial charge is 0.342 e. The van der Waals surface area contributed by atoms with Gasteiger partial charge >= 0.3 is 0 Å². The molecular weight excluding hydrogens is 260 g/mol. The van der Waals surface area contributed by atoms with Crippen molar-refractivity contribution < 1.29 is 4.79 Å². The van der Waals surface area contributed by atoms with Crippen molar-refractivity contribution in [2.75, 3.05) is 0 Å². The third kappa shape index (κ3) is 2.44. The molecule has 0 amide bonds. The smallest absolute Gasteiger partial charge is 0.152 e. The topological polar surface area (TPSA) is 45.8 Å². The van der Waals surface area contributed by atoms with Gasteiger partial charge in [0, 0.05) is 29.2 Å². The van der Waals surface area contributed by atoms with Gasteiger partial charge in [-0.2, -0.15) is 5.26 Å². The molecule has 3 rings (SSSR count). The zero-order valence-corrected chi connectivity index (χ0v) is 11.7. The molecule has 0 unspecified atom stereocenters. The summed E-state index contributed by atoms with van der Waals surface area (Å²) < 4.78 is 2.05. The highest BCUT2D eigenvalue weighted by atomic mass is 16.1. The number of carbonyl (C=O) groups excluding carboxylic acids is 1. The quantitative estimate of drug-likeness (QED) is 0.684. The monoisotopic (exact) mass is 274 g/mol. The Balaban J connectivity index is 2.08. The average molecular weight is 274 g/mol. The maximum atomic E-state index is 11.2. The SMILES string of the molecule is Cc1ccc(Cn2cc(C=O)c3cc(C#N)ccc32)cc1. The van der Waals surface area contributed by atoms with Crippen molar-refractivity contribution >= 4 is 17.2 Å². The number of aromatic nitrogens is 1. The van der Waals surface area contributed by atoms with Gasteiger partial charge in [0.25, 0.3) is 0 Å². The van der Waals surface area contributed by atoms with Crippen molar-refractivity contribution in [3.63, 3.8) is 0 Å². The molecule has 0 radical (unpaired) electrons. The number of fused-ring (bicyclic) bond motifs is 1. The molecule has 0 aliphatic heterocycles. The number of carbonyl (C=O) groups is 1. The van der Waals surface area contributed by atoms with Gasteiger partial charge in [0.05, 0.1) is 11.6 Å². The van der Waals surface area contributed by atoms with Gasteiger partial charge in [-0.15, -0.1) is 0 Å². The first-order valence-electron chi connectivity index (χ1n) is 6.75. The van der Waals surface area contributed by atoms with Crippen LogP contribution in [-0.4, -0.2) is 10.9 Å². The third-order valence-corrected chi connectivity index (χ3v) is 3.64. The molecule has 0 fully saturated rings. The molecule has 0 spiro atoms. The van der Waals surface area contributed by atoms with Crippen LogP contribution in [0, 0.1) is 18.3 Å². The molecule has 1 aromatic heterocycles. The number of hydrogen-bond donors (Lipinski definition) is 0. The zero-order chi connectivity index (χ0) is 14.8. The number of rotatable bonds is 3. The van der Waals surface area contributed by atoms with Crippen LogP contribution in [0.4, 0.5) is 0 Å². The van der Waals surface area contributed by atoms with Crippen LogP contribution in [0.25, 0.3) is 10.9 Å². The molecule has 0 atom stereocenters. The van der Waals surface area contributed by atoms with Crippen molar-refractivity contribution in [2.45, 2.75) is 13.5 Å². The molecule has 0 aliphatic carbocycles. The molecule has 0 N–H and O–H groups in total. The molecule has 21 heavy (non-hydrogen) atoms. The lowest BCUT2D eigenvalue weighted by Crippen LogP contribution is -1.97. The fourth-order valence-corrected chi connectivity index (χ4v) is 2.51. The predicted molar refractivity (Wildman–Crippen MR) is 82.3 cm³/mol. The second-order valence-corrected chi connectivity index (χ2v) is 5.16. The summed E-state index contributed by atoms with van der Waals surface area (Å²) in [7, 11) is 0. The molecule has 0 aliphatic rings. The number of hydrogen-bond acceptors (Lipinski definition) is 2. The lowest BCUT2D eigenvalue weighted by molar-refractivity contribution is 0.112. The molecule has 3 heteroatoms. The Morgan fingerprint density at radius 1 is 1.19 bits per heavy atom. The minimum absolute atomic E-state index is 0.568. The highest BCUT2D eigenvalue weighted by Crippen LogP contribution is 2.22. The summed E-state index contributed by atoms with van der Waals surface area (Å²) in [5, 5.41) is 9.81. The van der Waals surface area contributed by atoms with Gasteiger partial charge in [-0.1, -0.05) is 29.8 Å². The van der Waals surface area contributed by atoms with Crippen molar-refractivity contribution in [3.05, 3.63) is 70.9 Å².